The van der Waals surface area contributed by atoms with E-state index in [0.29, 0.717) is 5.92 Å². The van der Waals surface area contributed by atoms with E-state index in [9.17, 15) is 0 Å². The second-order valence-corrected chi connectivity index (χ2v) is 6.94. The van der Waals surface area contributed by atoms with E-state index >= 15 is 0 Å². The van der Waals surface area contributed by atoms with E-state index in [1.165, 1.54) is 9.13 Å². The van der Waals surface area contributed by atoms with E-state index in [2.05, 4.69) is 74.8 Å². The Morgan fingerprint density at radius 1 is 1.41 bits per heavy atom. The highest BCUT2D eigenvalue weighted by molar-refractivity contribution is 14.1. The summed E-state index contributed by atoms with van der Waals surface area (Å²) < 4.78 is 8.95. The Hall–Kier alpha value is -0.920. The number of hydrogen-bond donors (Lipinski definition) is 1. The van der Waals surface area contributed by atoms with E-state index < -0.39 is 0 Å². The molecule has 1 aliphatic rings. The first kappa shape index (κ1) is 16.0. The molecule has 118 valence electrons. The normalized spacial score (nSPS) is 19.5. The van der Waals surface area contributed by atoms with Crippen molar-refractivity contribution in [2.75, 3.05) is 19.8 Å². The van der Waals surface area contributed by atoms with Crippen LogP contribution in [-0.4, -0.2) is 29.3 Å². The molecule has 3 rings (SSSR count). The highest BCUT2D eigenvalue weighted by Gasteiger charge is 2.22. The molecule has 0 bridgehead atoms. The van der Waals surface area contributed by atoms with Gasteiger partial charge in [0.2, 0.25) is 0 Å². The van der Waals surface area contributed by atoms with E-state index in [-0.39, 0.29) is 6.04 Å². The number of nitrogens with one attached hydrogen (secondary N) is 1. The Morgan fingerprint density at radius 2 is 2.23 bits per heavy atom. The predicted octanol–water partition coefficient (Wildman–Crippen LogP) is 3.22. The molecule has 1 aromatic carbocycles. The lowest BCUT2D eigenvalue weighted by Crippen LogP contribution is -2.30. The van der Waals surface area contributed by atoms with Gasteiger partial charge in [-0.2, -0.15) is 0 Å². The van der Waals surface area contributed by atoms with Crippen molar-refractivity contribution < 1.29 is 4.74 Å². The molecule has 22 heavy (non-hydrogen) atoms. The van der Waals surface area contributed by atoms with Gasteiger partial charge in [-0.3, -0.25) is 0 Å². The lowest BCUT2D eigenvalue weighted by Gasteiger charge is -2.21. The summed E-state index contributed by atoms with van der Waals surface area (Å²) in [6.45, 7) is 5.82. The summed E-state index contributed by atoms with van der Waals surface area (Å²) >= 11 is 2.34. The maximum Gasteiger partial charge on any atom is 0.130 e. The standard InChI is InChI=1S/C17H22IN3O/c1-2-21-9-8-19-17(21)16(14-3-5-15(18)6-4-14)20-11-13-7-10-22-12-13/h3-6,8-9,13,16,20H,2,7,10-12H2,1H3. The van der Waals surface area contributed by atoms with E-state index in [4.69, 9.17) is 4.74 Å². The van der Waals surface area contributed by atoms with Crippen molar-refractivity contribution in [3.05, 3.63) is 51.6 Å². The molecule has 1 aliphatic heterocycles. The second kappa shape index (κ2) is 7.57. The Morgan fingerprint density at radius 3 is 2.91 bits per heavy atom. The summed E-state index contributed by atoms with van der Waals surface area (Å²) in [6, 6.07) is 8.83. The summed E-state index contributed by atoms with van der Waals surface area (Å²) in [6.07, 6.45) is 5.09. The number of rotatable bonds is 6. The number of ether oxygens (including phenoxy) is 1. The molecule has 5 heteroatoms. The molecule has 1 N–H and O–H groups in total. The van der Waals surface area contributed by atoms with Gasteiger partial charge >= 0.3 is 0 Å². The summed E-state index contributed by atoms with van der Waals surface area (Å²) in [5.41, 5.74) is 1.26. The first-order valence-corrected chi connectivity index (χ1v) is 8.93. The predicted molar refractivity (Wildman–Crippen MR) is 95.8 cm³/mol. The van der Waals surface area contributed by atoms with E-state index in [0.717, 1.165) is 38.5 Å². The van der Waals surface area contributed by atoms with Crippen LogP contribution in [-0.2, 0) is 11.3 Å². The van der Waals surface area contributed by atoms with Gasteiger partial charge in [-0.1, -0.05) is 12.1 Å². The quantitative estimate of drug-likeness (QED) is 0.743. The average Bonchev–Trinajstić information content (AvgIpc) is 3.20. The van der Waals surface area contributed by atoms with Crippen LogP contribution in [0, 0.1) is 9.49 Å². The first-order chi connectivity index (χ1) is 10.8. The molecular weight excluding hydrogens is 389 g/mol. The van der Waals surface area contributed by atoms with Crippen LogP contribution in [0.15, 0.2) is 36.7 Å². The van der Waals surface area contributed by atoms with Crippen LogP contribution in [0.2, 0.25) is 0 Å². The molecule has 1 aromatic heterocycles. The lowest BCUT2D eigenvalue weighted by atomic mass is 10.0. The summed E-state index contributed by atoms with van der Waals surface area (Å²) in [5, 5.41) is 3.71. The second-order valence-electron chi connectivity index (χ2n) is 5.69. The molecule has 2 unspecified atom stereocenters. The molecule has 2 atom stereocenters. The summed E-state index contributed by atoms with van der Waals surface area (Å²) in [7, 11) is 0. The van der Waals surface area contributed by atoms with Crippen LogP contribution in [0.5, 0.6) is 0 Å². The van der Waals surface area contributed by atoms with Gasteiger partial charge in [0.15, 0.2) is 0 Å². The Balaban J connectivity index is 1.82. The van der Waals surface area contributed by atoms with Gasteiger partial charge in [-0.05, 0) is 59.5 Å². The monoisotopic (exact) mass is 411 g/mol. The van der Waals surface area contributed by atoms with Crippen molar-refractivity contribution >= 4 is 22.6 Å². The van der Waals surface area contributed by atoms with Crippen molar-refractivity contribution in [2.24, 2.45) is 5.92 Å². The molecule has 0 amide bonds. The topological polar surface area (TPSA) is 39.1 Å². The van der Waals surface area contributed by atoms with E-state index in [1.54, 1.807) is 0 Å². The highest BCUT2D eigenvalue weighted by Crippen LogP contribution is 2.23. The fraction of sp³-hybridized carbons (Fsp3) is 0.471. The van der Waals surface area contributed by atoms with Gasteiger partial charge in [-0.15, -0.1) is 0 Å². The fourth-order valence-electron chi connectivity index (χ4n) is 2.89. The zero-order chi connectivity index (χ0) is 15.4. The van der Waals surface area contributed by atoms with Crippen LogP contribution in [0.1, 0.15) is 30.8 Å². The first-order valence-electron chi connectivity index (χ1n) is 7.85. The third-order valence-corrected chi connectivity index (χ3v) is 4.90. The minimum absolute atomic E-state index is 0.132. The minimum atomic E-state index is 0.132. The largest absolute Gasteiger partial charge is 0.381 e. The number of nitrogens with zero attached hydrogens (tertiary/aromatic N) is 2. The molecule has 1 fully saturated rings. The Kier molecular flexibility index (Phi) is 5.49. The summed E-state index contributed by atoms with van der Waals surface area (Å²) in [5.74, 6) is 1.69. The maximum atomic E-state index is 5.48. The smallest absolute Gasteiger partial charge is 0.130 e. The van der Waals surface area contributed by atoms with Gasteiger partial charge in [0.05, 0.1) is 12.6 Å². The summed E-state index contributed by atoms with van der Waals surface area (Å²) in [4.78, 5) is 4.60. The highest BCUT2D eigenvalue weighted by atomic mass is 127. The Bertz CT molecular complexity index is 590. The number of benzene rings is 1. The fourth-order valence-corrected chi connectivity index (χ4v) is 3.25. The zero-order valence-electron chi connectivity index (χ0n) is 12.8. The molecule has 1 saturated heterocycles. The molecule has 0 saturated carbocycles. The number of aromatic nitrogens is 2. The van der Waals surface area contributed by atoms with Gasteiger partial charge in [0, 0.05) is 35.7 Å². The number of halogens is 1. The van der Waals surface area contributed by atoms with Gasteiger partial charge in [0.25, 0.3) is 0 Å². The molecule has 4 nitrogen and oxygen atoms in total. The molecule has 2 aromatic rings. The van der Waals surface area contributed by atoms with Crippen molar-refractivity contribution in [3.8, 4) is 0 Å². The average molecular weight is 411 g/mol. The molecular formula is C17H22IN3O. The zero-order valence-corrected chi connectivity index (χ0v) is 15.0. The maximum absolute atomic E-state index is 5.48. The van der Waals surface area contributed by atoms with Crippen LogP contribution < -0.4 is 5.32 Å². The van der Waals surface area contributed by atoms with Gasteiger partial charge < -0.3 is 14.6 Å². The van der Waals surface area contributed by atoms with Crippen molar-refractivity contribution in [3.63, 3.8) is 0 Å². The minimum Gasteiger partial charge on any atom is -0.381 e. The third-order valence-electron chi connectivity index (χ3n) is 4.18. The lowest BCUT2D eigenvalue weighted by molar-refractivity contribution is 0.184. The van der Waals surface area contributed by atoms with E-state index in [1.807, 2.05) is 6.20 Å². The Labute approximate surface area is 145 Å². The van der Waals surface area contributed by atoms with Crippen molar-refractivity contribution in [1.82, 2.24) is 14.9 Å². The van der Waals surface area contributed by atoms with Crippen molar-refractivity contribution in [1.29, 1.82) is 0 Å². The van der Waals surface area contributed by atoms with Crippen molar-refractivity contribution in [2.45, 2.75) is 25.9 Å². The van der Waals surface area contributed by atoms with Crippen LogP contribution in [0.3, 0.4) is 0 Å². The van der Waals surface area contributed by atoms with Crippen LogP contribution >= 0.6 is 22.6 Å². The molecule has 0 spiro atoms. The number of imidazole rings is 1. The van der Waals surface area contributed by atoms with Gasteiger partial charge in [-0.25, -0.2) is 4.98 Å². The van der Waals surface area contributed by atoms with Crippen LogP contribution in [0.4, 0.5) is 0 Å². The molecule has 0 radical (unpaired) electrons. The molecule has 0 aliphatic carbocycles. The number of aryl methyl sites for hydroxylation is 1. The third kappa shape index (κ3) is 3.70. The number of hydrogen-bond acceptors (Lipinski definition) is 3. The SMILES string of the molecule is CCn1ccnc1C(NCC1CCOC1)c1ccc(I)cc1. The van der Waals surface area contributed by atoms with Gasteiger partial charge in [0.1, 0.15) is 5.82 Å². The van der Waals surface area contributed by atoms with Crippen LogP contribution in [0.25, 0.3) is 0 Å². The molecule has 2 heterocycles.